The molecule has 1 aliphatic heterocycles. The van der Waals surface area contributed by atoms with Crippen LogP contribution in [0.25, 0.3) is 0 Å². The molecule has 1 unspecified atom stereocenters. The number of halogens is 2. The van der Waals surface area contributed by atoms with Gasteiger partial charge in [-0.25, -0.2) is 13.8 Å². The third kappa shape index (κ3) is 5.35. The first-order valence-electron chi connectivity index (χ1n) is 7.57. The first-order chi connectivity index (χ1) is 10.7. The van der Waals surface area contributed by atoms with Crippen LogP contribution >= 0.6 is 0 Å². The molecule has 23 heavy (non-hydrogen) atoms. The molecule has 1 aliphatic rings. The molecule has 1 heterocycles. The van der Waals surface area contributed by atoms with E-state index in [2.05, 4.69) is 4.99 Å². The monoisotopic (exact) mass is 327 g/mol. The lowest BCUT2D eigenvalue weighted by Gasteiger charge is -2.32. The lowest BCUT2D eigenvalue weighted by atomic mass is 10.1. The van der Waals surface area contributed by atoms with Crippen LogP contribution in [0.2, 0.25) is 0 Å². The molecule has 0 saturated carbocycles. The first kappa shape index (κ1) is 17.5. The second kappa shape index (κ2) is 7.12. The number of nitrogens with two attached hydrogens (primary N) is 1. The molecule has 1 fully saturated rings. The van der Waals surface area contributed by atoms with Crippen molar-refractivity contribution in [3.63, 3.8) is 0 Å². The summed E-state index contributed by atoms with van der Waals surface area (Å²) in [6.07, 6.45) is 0.108. The lowest BCUT2D eigenvalue weighted by Crippen LogP contribution is -2.48. The molecule has 1 aromatic carbocycles. The molecule has 0 aliphatic carbocycles. The van der Waals surface area contributed by atoms with Crippen LogP contribution < -0.4 is 10.5 Å². The predicted octanol–water partition coefficient (Wildman–Crippen LogP) is 2.16. The fourth-order valence-corrected chi connectivity index (χ4v) is 2.34. The molecule has 2 rings (SSSR count). The summed E-state index contributed by atoms with van der Waals surface area (Å²) in [6, 6.07) is 3.08. The van der Waals surface area contributed by atoms with Gasteiger partial charge in [0.15, 0.2) is 5.96 Å². The van der Waals surface area contributed by atoms with Gasteiger partial charge in [0.05, 0.1) is 19.3 Å². The molecule has 128 valence electrons. The Morgan fingerprint density at radius 3 is 2.65 bits per heavy atom. The SMILES string of the molecule is CC1CN(C(N)=NCC(C)(C)Oc2cc(F)cc(F)c2)CCO1. The van der Waals surface area contributed by atoms with Crippen molar-refractivity contribution < 1.29 is 18.3 Å². The summed E-state index contributed by atoms with van der Waals surface area (Å²) >= 11 is 0. The van der Waals surface area contributed by atoms with E-state index in [4.69, 9.17) is 15.2 Å². The Bertz CT molecular complexity index is 558. The summed E-state index contributed by atoms with van der Waals surface area (Å²) in [5, 5.41) is 0. The van der Waals surface area contributed by atoms with Crippen molar-refractivity contribution in [1.82, 2.24) is 4.90 Å². The molecule has 0 spiro atoms. The third-order valence-electron chi connectivity index (χ3n) is 3.42. The van der Waals surface area contributed by atoms with E-state index >= 15 is 0 Å². The first-order valence-corrected chi connectivity index (χ1v) is 7.57. The molecule has 1 aromatic rings. The normalized spacial score (nSPS) is 19.8. The van der Waals surface area contributed by atoms with E-state index in [1.165, 1.54) is 0 Å². The van der Waals surface area contributed by atoms with Crippen molar-refractivity contribution in [2.45, 2.75) is 32.5 Å². The Hall–Kier alpha value is -1.89. The third-order valence-corrected chi connectivity index (χ3v) is 3.42. The zero-order valence-corrected chi connectivity index (χ0v) is 13.7. The van der Waals surface area contributed by atoms with E-state index < -0.39 is 17.2 Å². The average molecular weight is 327 g/mol. The van der Waals surface area contributed by atoms with E-state index in [1.807, 2.05) is 11.8 Å². The van der Waals surface area contributed by atoms with E-state index in [0.29, 0.717) is 25.7 Å². The average Bonchev–Trinajstić information content (AvgIpc) is 2.43. The summed E-state index contributed by atoms with van der Waals surface area (Å²) in [7, 11) is 0. The molecule has 0 aromatic heterocycles. The van der Waals surface area contributed by atoms with Crippen LogP contribution in [0.5, 0.6) is 5.75 Å². The van der Waals surface area contributed by atoms with Crippen LogP contribution in [0.4, 0.5) is 8.78 Å². The highest BCUT2D eigenvalue weighted by molar-refractivity contribution is 5.78. The highest BCUT2D eigenvalue weighted by Crippen LogP contribution is 2.21. The molecule has 0 amide bonds. The van der Waals surface area contributed by atoms with Crippen LogP contribution in [0.15, 0.2) is 23.2 Å². The maximum Gasteiger partial charge on any atom is 0.191 e. The van der Waals surface area contributed by atoms with Gasteiger partial charge in [0, 0.05) is 31.3 Å². The molecule has 2 N–H and O–H groups in total. The number of nitrogens with zero attached hydrogens (tertiary/aromatic N) is 2. The number of morpholine rings is 1. The van der Waals surface area contributed by atoms with Gasteiger partial charge in [-0.3, -0.25) is 0 Å². The summed E-state index contributed by atoms with van der Waals surface area (Å²) < 4.78 is 37.5. The maximum atomic E-state index is 13.2. The number of hydrogen-bond donors (Lipinski definition) is 1. The topological polar surface area (TPSA) is 60.1 Å². The summed E-state index contributed by atoms with van der Waals surface area (Å²) in [5.41, 5.74) is 5.26. The van der Waals surface area contributed by atoms with Gasteiger partial charge < -0.3 is 20.1 Å². The van der Waals surface area contributed by atoms with Crippen LogP contribution in [-0.4, -0.2) is 48.8 Å². The van der Waals surface area contributed by atoms with Crippen molar-refractivity contribution in [3.8, 4) is 5.75 Å². The van der Waals surface area contributed by atoms with Gasteiger partial charge in [-0.2, -0.15) is 0 Å². The quantitative estimate of drug-likeness (QED) is 0.680. The molecule has 1 atom stereocenters. The van der Waals surface area contributed by atoms with Crippen molar-refractivity contribution >= 4 is 5.96 Å². The van der Waals surface area contributed by atoms with Gasteiger partial charge in [-0.15, -0.1) is 0 Å². The van der Waals surface area contributed by atoms with Gasteiger partial charge in [0.1, 0.15) is 23.0 Å². The molecule has 1 saturated heterocycles. The van der Waals surface area contributed by atoms with Crippen LogP contribution in [0.3, 0.4) is 0 Å². The zero-order chi connectivity index (χ0) is 17.0. The van der Waals surface area contributed by atoms with Gasteiger partial charge in [-0.05, 0) is 20.8 Å². The minimum Gasteiger partial charge on any atom is -0.486 e. The second-order valence-corrected chi connectivity index (χ2v) is 6.27. The lowest BCUT2D eigenvalue weighted by molar-refractivity contribution is 0.00515. The van der Waals surface area contributed by atoms with Crippen LogP contribution in [-0.2, 0) is 4.74 Å². The second-order valence-electron chi connectivity index (χ2n) is 6.27. The molecule has 7 heteroatoms. The van der Waals surface area contributed by atoms with E-state index in [-0.39, 0.29) is 18.4 Å². The molecule has 0 radical (unpaired) electrons. The Morgan fingerprint density at radius 1 is 1.39 bits per heavy atom. The number of hydrogen-bond acceptors (Lipinski definition) is 3. The van der Waals surface area contributed by atoms with Crippen molar-refractivity contribution in [3.05, 3.63) is 29.8 Å². The molecule has 5 nitrogen and oxygen atoms in total. The number of guanidine groups is 1. The van der Waals surface area contributed by atoms with Gasteiger partial charge in [0.2, 0.25) is 0 Å². The summed E-state index contributed by atoms with van der Waals surface area (Å²) in [6.45, 7) is 7.80. The Morgan fingerprint density at radius 2 is 2.04 bits per heavy atom. The van der Waals surface area contributed by atoms with Gasteiger partial charge in [-0.1, -0.05) is 0 Å². The summed E-state index contributed by atoms with van der Waals surface area (Å²) in [5.74, 6) is -0.814. The van der Waals surface area contributed by atoms with Crippen molar-refractivity contribution in [2.75, 3.05) is 26.2 Å². The smallest absolute Gasteiger partial charge is 0.191 e. The van der Waals surface area contributed by atoms with Crippen molar-refractivity contribution in [1.29, 1.82) is 0 Å². The van der Waals surface area contributed by atoms with Crippen LogP contribution in [0, 0.1) is 11.6 Å². The Kier molecular flexibility index (Phi) is 5.41. The van der Waals surface area contributed by atoms with E-state index in [1.54, 1.807) is 13.8 Å². The largest absolute Gasteiger partial charge is 0.486 e. The molecule has 0 bridgehead atoms. The molecular weight excluding hydrogens is 304 g/mol. The number of rotatable bonds is 4. The summed E-state index contributed by atoms with van der Waals surface area (Å²) in [4.78, 5) is 6.30. The highest BCUT2D eigenvalue weighted by Gasteiger charge is 2.22. The van der Waals surface area contributed by atoms with Gasteiger partial charge >= 0.3 is 0 Å². The number of aliphatic imine (C=N–C) groups is 1. The van der Waals surface area contributed by atoms with E-state index in [0.717, 1.165) is 18.2 Å². The maximum absolute atomic E-state index is 13.2. The number of ether oxygens (including phenoxy) is 2. The van der Waals surface area contributed by atoms with Gasteiger partial charge in [0.25, 0.3) is 0 Å². The standard InChI is InChI=1S/C16H23F2N3O2/c1-11-9-21(4-5-22-11)15(19)20-10-16(2,3)23-14-7-12(17)6-13(18)8-14/h6-8,11H,4-5,9-10H2,1-3H3,(H2,19,20). The van der Waals surface area contributed by atoms with E-state index in [9.17, 15) is 8.78 Å². The van der Waals surface area contributed by atoms with Crippen LogP contribution in [0.1, 0.15) is 20.8 Å². The Balaban J connectivity index is 1.98. The fourth-order valence-electron chi connectivity index (χ4n) is 2.34. The van der Waals surface area contributed by atoms with Crippen molar-refractivity contribution in [2.24, 2.45) is 10.7 Å². The zero-order valence-electron chi connectivity index (χ0n) is 13.7. The minimum atomic E-state index is -0.747. The molecular formula is C16H23F2N3O2. The number of benzene rings is 1. The Labute approximate surface area is 135 Å². The predicted molar refractivity (Wildman–Crippen MR) is 84.5 cm³/mol. The fraction of sp³-hybridized carbons (Fsp3) is 0.562. The highest BCUT2D eigenvalue weighted by atomic mass is 19.1. The minimum absolute atomic E-state index is 0.108.